The lowest BCUT2D eigenvalue weighted by atomic mass is 10.3. The molecule has 0 aromatic carbocycles. The molecule has 0 amide bonds. The van der Waals surface area contributed by atoms with E-state index in [1.54, 1.807) is 6.92 Å². The minimum absolute atomic E-state index is 0.251. The van der Waals surface area contributed by atoms with Crippen molar-refractivity contribution < 1.29 is 10.2 Å². The van der Waals surface area contributed by atoms with Crippen LogP contribution in [0.5, 0.6) is 0 Å². The molecule has 0 bridgehead atoms. The standard InChI is InChI=1S/C6H14N2O3/c1-4(9)3-7-6(8-11)5(2)10/h4-7,9-10H,3H2,1-2H3. The van der Waals surface area contributed by atoms with Crippen molar-refractivity contribution in [1.29, 1.82) is 0 Å². The molecule has 0 aromatic heterocycles. The summed E-state index contributed by atoms with van der Waals surface area (Å²) >= 11 is 0. The maximum Gasteiger partial charge on any atom is 0.168 e. The molecule has 5 heteroatoms. The molecule has 0 aliphatic heterocycles. The highest BCUT2D eigenvalue weighted by Crippen LogP contribution is 1.93. The van der Waals surface area contributed by atoms with Gasteiger partial charge in [0, 0.05) is 6.54 Å². The van der Waals surface area contributed by atoms with Crippen molar-refractivity contribution in [2.75, 3.05) is 6.54 Å². The van der Waals surface area contributed by atoms with E-state index >= 15 is 0 Å². The number of hydrogen-bond acceptors (Lipinski definition) is 5. The van der Waals surface area contributed by atoms with Crippen molar-refractivity contribution in [3.8, 4) is 0 Å². The summed E-state index contributed by atoms with van der Waals surface area (Å²) in [5.41, 5.74) is 0. The van der Waals surface area contributed by atoms with Crippen LogP contribution in [0, 0.1) is 4.91 Å². The Labute approximate surface area is 65.4 Å². The van der Waals surface area contributed by atoms with Crippen LogP contribution >= 0.6 is 0 Å². The minimum Gasteiger partial charge on any atom is -0.392 e. The highest BCUT2D eigenvalue weighted by atomic mass is 16.3. The topological polar surface area (TPSA) is 81.9 Å². The molecule has 0 fully saturated rings. The zero-order valence-corrected chi connectivity index (χ0v) is 6.69. The van der Waals surface area contributed by atoms with E-state index in [9.17, 15) is 4.91 Å². The lowest BCUT2D eigenvalue weighted by Crippen LogP contribution is -2.39. The van der Waals surface area contributed by atoms with Crippen LogP contribution in [0.4, 0.5) is 0 Å². The zero-order valence-electron chi connectivity index (χ0n) is 6.69. The number of rotatable bonds is 5. The Balaban J connectivity index is 3.61. The fraction of sp³-hybridized carbons (Fsp3) is 1.00. The second kappa shape index (κ2) is 5.17. The third kappa shape index (κ3) is 4.83. The summed E-state index contributed by atoms with van der Waals surface area (Å²) in [4.78, 5) is 10.0. The Morgan fingerprint density at radius 3 is 2.27 bits per heavy atom. The van der Waals surface area contributed by atoms with Gasteiger partial charge in [0.2, 0.25) is 0 Å². The van der Waals surface area contributed by atoms with Crippen LogP contribution in [0.15, 0.2) is 5.18 Å². The van der Waals surface area contributed by atoms with Crippen LogP contribution in [-0.2, 0) is 0 Å². The predicted molar refractivity (Wildman–Crippen MR) is 40.9 cm³/mol. The van der Waals surface area contributed by atoms with Crippen LogP contribution < -0.4 is 5.32 Å². The summed E-state index contributed by atoms with van der Waals surface area (Å²) in [5.74, 6) is 0. The molecule has 11 heavy (non-hydrogen) atoms. The summed E-state index contributed by atoms with van der Waals surface area (Å²) in [5, 5.41) is 22.9. The predicted octanol–water partition coefficient (Wildman–Crippen LogP) is -0.570. The zero-order chi connectivity index (χ0) is 8.85. The molecule has 0 saturated carbocycles. The maximum absolute atomic E-state index is 10.0. The highest BCUT2D eigenvalue weighted by molar-refractivity contribution is 4.69. The summed E-state index contributed by atoms with van der Waals surface area (Å²) in [7, 11) is 0. The van der Waals surface area contributed by atoms with E-state index in [1.807, 2.05) is 0 Å². The van der Waals surface area contributed by atoms with Crippen LogP contribution in [0.2, 0.25) is 0 Å². The number of aliphatic hydroxyl groups is 2. The van der Waals surface area contributed by atoms with Crippen LogP contribution in [0.25, 0.3) is 0 Å². The minimum atomic E-state index is -0.829. The number of hydrogen-bond donors (Lipinski definition) is 3. The van der Waals surface area contributed by atoms with E-state index in [1.165, 1.54) is 6.92 Å². The van der Waals surface area contributed by atoms with E-state index in [2.05, 4.69) is 10.5 Å². The Morgan fingerprint density at radius 1 is 1.45 bits per heavy atom. The summed E-state index contributed by atoms with van der Waals surface area (Å²) in [6, 6.07) is 0. The van der Waals surface area contributed by atoms with Gasteiger partial charge in [0.15, 0.2) is 6.17 Å². The third-order valence-electron chi connectivity index (χ3n) is 1.19. The Bertz CT molecular complexity index is 116. The van der Waals surface area contributed by atoms with Gasteiger partial charge in [-0.3, -0.25) is 5.32 Å². The summed E-state index contributed by atoms with van der Waals surface area (Å²) in [6.45, 7) is 3.29. The first kappa shape index (κ1) is 10.5. The first-order valence-corrected chi connectivity index (χ1v) is 3.50. The maximum atomic E-state index is 10.0. The Kier molecular flexibility index (Phi) is 4.93. The van der Waals surface area contributed by atoms with Gasteiger partial charge in [-0.25, -0.2) is 0 Å². The molecule has 0 aliphatic rings. The first-order chi connectivity index (χ1) is 5.07. The van der Waals surface area contributed by atoms with Gasteiger partial charge in [0.25, 0.3) is 0 Å². The fourth-order valence-corrected chi connectivity index (χ4v) is 0.587. The second-order valence-corrected chi connectivity index (χ2v) is 2.55. The van der Waals surface area contributed by atoms with E-state index in [0.717, 1.165) is 0 Å². The van der Waals surface area contributed by atoms with Crippen LogP contribution in [-0.4, -0.2) is 35.1 Å². The second-order valence-electron chi connectivity index (χ2n) is 2.55. The molecular formula is C6H14N2O3. The van der Waals surface area contributed by atoms with Gasteiger partial charge in [-0.1, -0.05) is 0 Å². The molecule has 0 saturated heterocycles. The SMILES string of the molecule is CC(O)CNC(N=O)C(C)O. The van der Waals surface area contributed by atoms with Gasteiger partial charge in [-0.15, -0.1) is 4.91 Å². The van der Waals surface area contributed by atoms with Gasteiger partial charge in [0.05, 0.1) is 12.2 Å². The monoisotopic (exact) mass is 162 g/mol. The highest BCUT2D eigenvalue weighted by Gasteiger charge is 2.14. The average molecular weight is 162 g/mol. The molecule has 0 aliphatic carbocycles. The van der Waals surface area contributed by atoms with Gasteiger partial charge >= 0.3 is 0 Å². The van der Waals surface area contributed by atoms with Crippen molar-refractivity contribution in [2.24, 2.45) is 5.18 Å². The van der Waals surface area contributed by atoms with Gasteiger partial charge in [-0.2, -0.15) is 0 Å². The van der Waals surface area contributed by atoms with Crippen molar-refractivity contribution in [1.82, 2.24) is 5.32 Å². The lowest BCUT2D eigenvalue weighted by molar-refractivity contribution is 0.129. The van der Waals surface area contributed by atoms with E-state index in [0.29, 0.717) is 0 Å². The quantitative estimate of drug-likeness (QED) is 0.473. The molecule has 0 spiro atoms. The number of nitrogens with zero attached hydrogens (tertiary/aromatic N) is 1. The largest absolute Gasteiger partial charge is 0.392 e. The number of nitroso groups, excluding NO2 is 1. The molecule has 5 nitrogen and oxygen atoms in total. The van der Waals surface area contributed by atoms with Crippen molar-refractivity contribution in [3.05, 3.63) is 4.91 Å². The fourth-order valence-electron chi connectivity index (χ4n) is 0.587. The summed E-state index contributed by atoms with van der Waals surface area (Å²) < 4.78 is 0. The van der Waals surface area contributed by atoms with Gasteiger partial charge < -0.3 is 10.2 Å². The van der Waals surface area contributed by atoms with E-state index < -0.39 is 18.4 Å². The van der Waals surface area contributed by atoms with Crippen molar-refractivity contribution in [2.45, 2.75) is 32.2 Å². The van der Waals surface area contributed by atoms with E-state index in [-0.39, 0.29) is 6.54 Å². The van der Waals surface area contributed by atoms with Crippen LogP contribution in [0.1, 0.15) is 13.8 Å². The first-order valence-electron chi connectivity index (χ1n) is 3.50. The number of aliphatic hydroxyl groups excluding tert-OH is 2. The van der Waals surface area contributed by atoms with Crippen LogP contribution in [0.3, 0.4) is 0 Å². The van der Waals surface area contributed by atoms with Gasteiger partial charge in [-0.05, 0) is 19.0 Å². The Hall–Kier alpha value is -0.520. The molecule has 0 aromatic rings. The van der Waals surface area contributed by atoms with Crippen molar-refractivity contribution >= 4 is 0 Å². The number of nitrogens with one attached hydrogen (secondary N) is 1. The van der Waals surface area contributed by atoms with E-state index in [4.69, 9.17) is 10.2 Å². The smallest absolute Gasteiger partial charge is 0.168 e. The molecule has 0 rings (SSSR count). The molecule has 0 radical (unpaired) electrons. The molecular weight excluding hydrogens is 148 g/mol. The third-order valence-corrected chi connectivity index (χ3v) is 1.19. The van der Waals surface area contributed by atoms with Crippen molar-refractivity contribution in [3.63, 3.8) is 0 Å². The molecule has 3 N–H and O–H groups in total. The molecule has 0 heterocycles. The van der Waals surface area contributed by atoms with Gasteiger partial charge in [0.1, 0.15) is 0 Å². The Morgan fingerprint density at radius 2 is 2.00 bits per heavy atom. The molecule has 3 unspecified atom stereocenters. The molecule has 3 atom stereocenters. The molecule has 66 valence electrons. The average Bonchev–Trinajstić information content (AvgIpc) is 1.87. The lowest BCUT2D eigenvalue weighted by Gasteiger charge is -2.14. The normalized spacial score (nSPS) is 18.9. The summed E-state index contributed by atoms with van der Waals surface area (Å²) in [6.07, 6.45) is -2.20.